The second kappa shape index (κ2) is 9.58. The molecule has 4 nitrogen and oxygen atoms in total. The van der Waals surface area contributed by atoms with Gasteiger partial charge in [0.05, 0.1) is 0 Å². The van der Waals surface area contributed by atoms with Gasteiger partial charge in [0.2, 0.25) is 0 Å². The molecule has 0 atom stereocenters. The molecule has 3 aromatic rings. The quantitative estimate of drug-likeness (QED) is 0.411. The van der Waals surface area contributed by atoms with E-state index in [0.717, 1.165) is 42.6 Å². The van der Waals surface area contributed by atoms with Gasteiger partial charge in [-0.05, 0) is 56.7 Å². The fraction of sp³-hybridized carbons (Fsp3) is 0.321. The van der Waals surface area contributed by atoms with Crippen molar-refractivity contribution in [1.29, 1.82) is 0 Å². The maximum Gasteiger partial charge on any atom is 0.331 e. The Labute approximate surface area is 191 Å². The molecular formula is C28H33N3O. The van der Waals surface area contributed by atoms with Gasteiger partial charge in [0, 0.05) is 13.1 Å². The molecule has 0 unspecified atom stereocenters. The van der Waals surface area contributed by atoms with E-state index >= 15 is 0 Å². The third-order valence-electron chi connectivity index (χ3n) is 6.45. The van der Waals surface area contributed by atoms with Crippen LogP contribution < -0.4 is 10.9 Å². The van der Waals surface area contributed by atoms with Crippen LogP contribution >= 0.6 is 0 Å². The van der Waals surface area contributed by atoms with Gasteiger partial charge in [-0.25, -0.2) is 10.2 Å². The van der Waals surface area contributed by atoms with Crippen LogP contribution in [0.1, 0.15) is 52.6 Å². The highest BCUT2D eigenvalue weighted by Gasteiger charge is 2.37. The molecule has 1 heterocycles. The Morgan fingerprint density at radius 3 is 1.41 bits per heavy atom. The monoisotopic (exact) mass is 427 g/mol. The van der Waals surface area contributed by atoms with Gasteiger partial charge in [0.25, 0.3) is 0 Å². The number of benzene rings is 3. The second-order valence-electron chi connectivity index (χ2n) is 8.95. The SMILES string of the molecule is Cc1ccc(C(NNC(=O)N2CCCCC2)(c2ccc(C)cc2)c2ccc(C)cc2)cc1. The van der Waals surface area contributed by atoms with E-state index < -0.39 is 5.54 Å². The molecule has 0 radical (unpaired) electrons. The summed E-state index contributed by atoms with van der Waals surface area (Å²) in [6, 6.07) is 25.6. The lowest BCUT2D eigenvalue weighted by Crippen LogP contribution is -2.57. The molecule has 1 aliphatic rings. The van der Waals surface area contributed by atoms with Crippen molar-refractivity contribution in [3.05, 3.63) is 106 Å². The first-order chi connectivity index (χ1) is 15.5. The van der Waals surface area contributed by atoms with Crippen molar-refractivity contribution in [3.63, 3.8) is 0 Å². The number of rotatable bonds is 5. The van der Waals surface area contributed by atoms with Crippen LogP contribution in [-0.2, 0) is 5.54 Å². The van der Waals surface area contributed by atoms with Crippen LogP contribution in [0.2, 0.25) is 0 Å². The summed E-state index contributed by atoms with van der Waals surface area (Å²) in [5, 5.41) is 0. The number of aryl methyl sites for hydroxylation is 3. The third-order valence-corrected chi connectivity index (χ3v) is 6.45. The van der Waals surface area contributed by atoms with Crippen molar-refractivity contribution in [1.82, 2.24) is 15.8 Å². The number of nitrogens with zero attached hydrogens (tertiary/aromatic N) is 1. The zero-order valence-electron chi connectivity index (χ0n) is 19.3. The Hall–Kier alpha value is -3.11. The first kappa shape index (κ1) is 22.1. The van der Waals surface area contributed by atoms with Gasteiger partial charge < -0.3 is 4.90 Å². The van der Waals surface area contributed by atoms with E-state index in [1.54, 1.807) is 0 Å². The normalized spacial score (nSPS) is 14.3. The van der Waals surface area contributed by atoms with Gasteiger partial charge in [-0.2, -0.15) is 0 Å². The van der Waals surface area contributed by atoms with E-state index in [0.29, 0.717) is 0 Å². The first-order valence-electron chi connectivity index (χ1n) is 11.5. The standard InChI is InChI=1S/C28H33N3O/c1-21-7-13-24(14-8-21)28(25-15-9-22(2)10-16-25,26-17-11-23(3)12-18-26)30-29-27(32)31-19-5-4-6-20-31/h7-18,30H,4-6,19-20H2,1-3H3,(H,29,32). The maximum atomic E-state index is 13.1. The molecule has 4 rings (SSSR count). The first-order valence-corrected chi connectivity index (χ1v) is 11.5. The Morgan fingerprint density at radius 1 is 0.656 bits per heavy atom. The predicted octanol–water partition coefficient (Wildman–Crippen LogP) is 5.60. The Bertz CT molecular complexity index is 923. The van der Waals surface area contributed by atoms with Crippen molar-refractivity contribution in [2.24, 2.45) is 0 Å². The minimum atomic E-state index is -0.722. The number of hydrogen-bond donors (Lipinski definition) is 2. The minimum Gasteiger partial charge on any atom is -0.324 e. The molecular weight excluding hydrogens is 394 g/mol. The third kappa shape index (κ3) is 4.56. The van der Waals surface area contributed by atoms with Gasteiger partial charge in [-0.1, -0.05) is 89.5 Å². The number of urea groups is 1. The summed E-state index contributed by atoms with van der Waals surface area (Å²) < 4.78 is 0. The van der Waals surface area contributed by atoms with Gasteiger partial charge in [0.15, 0.2) is 0 Å². The predicted molar refractivity (Wildman–Crippen MR) is 131 cm³/mol. The highest BCUT2D eigenvalue weighted by atomic mass is 16.2. The fourth-order valence-electron chi connectivity index (χ4n) is 4.45. The van der Waals surface area contributed by atoms with E-state index in [9.17, 15) is 4.79 Å². The zero-order chi connectivity index (χ0) is 22.6. The lowest BCUT2D eigenvalue weighted by atomic mass is 9.77. The van der Waals surface area contributed by atoms with Gasteiger partial charge >= 0.3 is 6.03 Å². The number of carbonyl (C=O) groups excluding carboxylic acids is 1. The molecule has 2 amide bonds. The number of likely N-dealkylation sites (tertiary alicyclic amines) is 1. The zero-order valence-corrected chi connectivity index (χ0v) is 19.3. The number of amides is 2. The maximum absolute atomic E-state index is 13.1. The summed E-state index contributed by atoms with van der Waals surface area (Å²) in [7, 11) is 0. The fourth-order valence-corrected chi connectivity index (χ4v) is 4.45. The summed E-state index contributed by atoms with van der Waals surface area (Å²) in [4.78, 5) is 15.0. The van der Waals surface area contributed by atoms with E-state index in [2.05, 4.69) is 104 Å². The molecule has 0 aliphatic carbocycles. The summed E-state index contributed by atoms with van der Waals surface area (Å²) in [5.74, 6) is 0. The molecule has 4 heteroatoms. The van der Waals surface area contributed by atoms with Crippen molar-refractivity contribution in [3.8, 4) is 0 Å². The number of piperidine rings is 1. The molecule has 0 saturated carbocycles. The summed E-state index contributed by atoms with van der Waals surface area (Å²) in [6.07, 6.45) is 3.32. The average molecular weight is 428 g/mol. The van der Waals surface area contributed by atoms with E-state index in [1.807, 2.05) is 4.90 Å². The van der Waals surface area contributed by atoms with E-state index in [1.165, 1.54) is 23.1 Å². The summed E-state index contributed by atoms with van der Waals surface area (Å²) >= 11 is 0. The van der Waals surface area contributed by atoms with E-state index in [-0.39, 0.29) is 6.03 Å². The average Bonchev–Trinajstić information content (AvgIpc) is 2.82. The van der Waals surface area contributed by atoms with Gasteiger partial charge in [0.1, 0.15) is 5.54 Å². The second-order valence-corrected chi connectivity index (χ2v) is 8.95. The molecule has 1 fully saturated rings. The van der Waals surface area contributed by atoms with Crippen LogP contribution in [0.3, 0.4) is 0 Å². The molecule has 166 valence electrons. The molecule has 1 aliphatic heterocycles. The number of hydrogen-bond acceptors (Lipinski definition) is 2. The van der Waals surface area contributed by atoms with Gasteiger partial charge in [-0.15, -0.1) is 0 Å². The lowest BCUT2D eigenvalue weighted by Gasteiger charge is -2.38. The van der Waals surface area contributed by atoms with Crippen molar-refractivity contribution in [2.75, 3.05) is 13.1 Å². The number of nitrogens with one attached hydrogen (secondary N) is 2. The highest BCUT2D eigenvalue weighted by molar-refractivity contribution is 5.74. The molecule has 0 bridgehead atoms. The van der Waals surface area contributed by atoms with Crippen molar-refractivity contribution >= 4 is 6.03 Å². The van der Waals surface area contributed by atoms with E-state index in [4.69, 9.17) is 0 Å². The van der Waals surface area contributed by atoms with Crippen LogP contribution in [0.15, 0.2) is 72.8 Å². The molecule has 0 spiro atoms. The molecule has 32 heavy (non-hydrogen) atoms. The van der Waals surface area contributed by atoms with Crippen LogP contribution in [0.5, 0.6) is 0 Å². The molecule has 1 saturated heterocycles. The Balaban J connectivity index is 1.81. The lowest BCUT2D eigenvalue weighted by molar-refractivity contribution is 0.177. The van der Waals surface area contributed by atoms with Gasteiger partial charge in [-0.3, -0.25) is 5.43 Å². The Morgan fingerprint density at radius 2 is 1.03 bits per heavy atom. The number of carbonyl (C=O) groups is 1. The highest BCUT2D eigenvalue weighted by Crippen LogP contribution is 2.37. The van der Waals surface area contributed by atoms with Crippen molar-refractivity contribution < 1.29 is 4.79 Å². The summed E-state index contributed by atoms with van der Waals surface area (Å²) in [6.45, 7) is 7.89. The largest absolute Gasteiger partial charge is 0.331 e. The van der Waals surface area contributed by atoms with Crippen LogP contribution in [0, 0.1) is 20.8 Å². The summed E-state index contributed by atoms with van der Waals surface area (Å²) in [5.41, 5.74) is 12.7. The van der Waals surface area contributed by atoms with Crippen LogP contribution in [-0.4, -0.2) is 24.0 Å². The van der Waals surface area contributed by atoms with Crippen LogP contribution in [0.4, 0.5) is 4.79 Å². The molecule has 2 N–H and O–H groups in total. The van der Waals surface area contributed by atoms with Crippen molar-refractivity contribution in [2.45, 2.75) is 45.6 Å². The molecule has 3 aromatic carbocycles. The topological polar surface area (TPSA) is 44.4 Å². The Kier molecular flexibility index (Phi) is 6.61. The number of hydrazine groups is 1. The minimum absolute atomic E-state index is 0.0691. The smallest absolute Gasteiger partial charge is 0.324 e. The molecule has 0 aromatic heterocycles. The van der Waals surface area contributed by atoms with Crippen LogP contribution in [0.25, 0.3) is 0 Å².